The van der Waals surface area contributed by atoms with Crippen LogP contribution in [0.4, 0.5) is 5.69 Å². The molecule has 0 radical (unpaired) electrons. The van der Waals surface area contributed by atoms with Crippen LogP contribution < -0.4 is 5.32 Å². The molecule has 0 atom stereocenters. The van der Waals surface area contributed by atoms with Crippen molar-refractivity contribution in [2.45, 2.75) is 6.92 Å². The molecule has 4 heteroatoms. The zero-order valence-corrected chi connectivity index (χ0v) is 25.1. The quantitative estimate of drug-likeness (QED) is 0.169. The van der Waals surface area contributed by atoms with Crippen molar-refractivity contribution in [1.82, 2.24) is 4.57 Å². The van der Waals surface area contributed by atoms with Gasteiger partial charge in [0.1, 0.15) is 0 Å². The van der Waals surface area contributed by atoms with Gasteiger partial charge in [0.05, 0.1) is 11.0 Å². The fourth-order valence-corrected chi connectivity index (χ4v) is 6.63. The summed E-state index contributed by atoms with van der Waals surface area (Å²) in [5, 5.41) is 8.45. The molecule has 0 saturated heterocycles. The molecule has 0 unspecified atom stereocenters. The number of hydrogen-bond acceptors (Lipinski definition) is 2. The third-order valence-electron chi connectivity index (χ3n) is 6.98. The Labute approximate surface area is 252 Å². The van der Waals surface area contributed by atoms with Crippen molar-refractivity contribution >= 4 is 86.7 Å². The highest BCUT2D eigenvalue weighted by molar-refractivity contribution is 9.10. The monoisotopic (exact) mass is 612 g/mol. The fraction of sp³-hybridized carbons (Fsp3) is 0.0270. The summed E-state index contributed by atoms with van der Waals surface area (Å²) in [7, 11) is 0. The number of aromatic nitrogens is 1. The van der Waals surface area contributed by atoms with E-state index in [0.717, 1.165) is 32.5 Å². The van der Waals surface area contributed by atoms with Crippen LogP contribution in [-0.4, -0.2) is 4.57 Å². The molecule has 200 valence electrons. The van der Waals surface area contributed by atoms with Crippen molar-refractivity contribution in [3.05, 3.63) is 150 Å². The molecule has 0 aliphatic rings. The summed E-state index contributed by atoms with van der Waals surface area (Å²) in [5.74, 6) is 0. The van der Waals surface area contributed by atoms with Gasteiger partial charge in [-0.05, 0) is 73.2 Å². The Kier molecular flexibility index (Phi) is 7.86. The number of anilines is 1. The van der Waals surface area contributed by atoms with Gasteiger partial charge in [-0.15, -0.1) is 11.3 Å². The van der Waals surface area contributed by atoms with Gasteiger partial charge in [-0.2, -0.15) is 0 Å². The number of nitrogens with one attached hydrogen (secondary N) is 1. The van der Waals surface area contributed by atoms with E-state index in [4.69, 9.17) is 0 Å². The molecule has 2 nitrogen and oxygen atoms in total. The number of hydrogen-bond donors (Lipinski definition) is 1. The molecule has 0 aliphatic heterocycles. The van der Waals surface area contributed by atoms with Crippen LogP contribution in [-0.2, 0) is 0 Å². The fourth-order valence-electron chi connectivity index (χ4n) is 5.20. The Morgan fingerprint density at radius 1 is 0.805 bits per heavy atom. The molecule has 0 amide bonds. The number of benzene rings is 4. The van der Waals surface area contributed by atoms with Crippen LogP contribution in [0.1, 0.15) is 12.5 Å². The molecule has 41 heavy (non-hydrogen) atoms. The van der Waals surface area contributed by atoms with Gasteiger partial charge in [0.15, 0.2) is 0 Å². The van der Waals surface area contributed by atoms with Crippen molar-refractivity contribution in [2.75, 3.05) is 5.32 Å². The van der Waals surface area contributed by atoms with E-state index >= 15 is 0 Å². The molecule has 0 aliphatic carbocycles. The molecule has 0 spiro atoms. The van der Waals surface area contributed by atoms with Crippen molar-refractivity contribution < 1.29 is 0 Å². The van der Waals surface area contributed by atoms with E-state index in [1.807, 2.05) is 54.8 Å². The predicted molar refractivity (Wildman–Crippen MR) is 187 cm³/mol. The number of fused-ring (bicyclic) bond motifs is 6. The van der Waals surface area contributed by atoms with Gasteiger partial charge < -0.3 is 9.88 Å². The zero-order chi connectivity index (χ0) is 28.2. The summed E-state index contributed by atoms with van der Waals surface area (Å²) in [6.07, 6.45) is 20.3. The molecule has 1 N–H and O–H groups in total. The number of rotatable bonds is 8. The lowest BCUT2D eigenvalue weighted by Gasteiger charge is -2.09. The van der Waals surface area contributed by atoms with Crippen LogP contribution in [0.5, 0.6) is 0 Å². The molecule has 2 aromatic heterocycles. The lowest BCUT2D eigenvalue weighted by molar-refractivity contribution is 1.23. The molecule has 0 fully saturated rings. The highest BCUT2D eigenvalue weighted by Crippen LogP contribution is 2.36. The first-order chi connectivity index (χ1) is 20.2. The second kappa shape index (κ2) is 12.0. The molecular weight excluding hydrogens is 584 g/mol. The minimum Gasteiger partial charge on any atom is -0.362 e. The minimum absolute atomic E-state index is 1.06. The molecule has 2 heterocycles. The van der Waals surface area contributed by atoms with Gasteiger partial charge >= 0.3 is 0 Å². The van der Waals surface area contributed by atoms with E-state index < -0.39 is 0 Å². The molecule has 0 bridgehead atoms. The van der Waals surface area contributed by atoms with E-state index in [1.165, 1.54) is 30.9 Å². The van der Waals surface area contributed by atoms with E-state index in [-0.39, 0.29) is 0 Å². The average Bonchev–Trinajstić information content (AvgIpc) is 3.51. The number of nitrogens with zero attached hydrogens (tertiary/aromatic N) is 1. The van der Waals surface area contributed by atoms with Crippen LogP contribution in [0.2, 0.25) is 0 Å². The van der Waals surface area contributed by atoms with Crippen LogP contribution in [0.3, 0.4) is 0 Å². The van der Waals surface area contributed by atoms with E-state index in [9.17, 15) is 0 Å². The van der Waals surface area contributed by atoms with Gasteiger partial charge in [-0.25, -0.2) is 0 Å². The second-order valence-electron chi connectivity index (χ2n) is 9.66. The van der Waals surface area contributed by atoms with Crippen LogP contribution in [0.15, 0.2) is 145 Å². The number of allylic oxidation sites excluding steroid dienone is 9. The van der Waals surface area contributed by atoms with Gasteiger partial charge in [0.2, 0.25) is 0 Å². The van der Waals surface area contributed by atoms with E-state index in [0.29, 0.717) is 0 Å². The Morgan fingerprint density at radius 2 is 1.59 bits per heavy atom. The number of thiophene rings is 1. The summed E-state index contributed by atoms with van der Waals surface area (Å²) in [6, 6.07) is 28.2. The minimum atomic E-state index is 1.06. The first-order valence-corrected chi connectivity index (χ1v) is 15.1. The molecule has 6 aromatic rings. The average molecular weight is 614 g/mol. The second-order valence-corrected chi connectivity index (χ2v) is 11.7. The Hall–Kier alpha value is -4.38. The first kappa shape index (κ1) is 26.8. The van der Waals surface area contributed by atoms with Crippen LogP contribution in [0.25, 0.3) is 53.8 Å². The van der Waals surface area contributed by atoms with Crippen LogP contribution in [0, 0.1) is 0 Å². The van der Waals surface area contributed by atoms with Gasteiger partial charge in [0.25, 0.3) is 0 Å². The topological polar surface area (TPSA) is 17.0 Å². The third kappa shape index (κ3) is 5.49. The Bertz CT molecular complexity index is 2060. The van der Waals surface area contributed by atoms with Gasteiger partial charge in [0, 0.05) is 53.0 Å². The highest BCUT2D eigenvalue weighted by atomic mass is 79.9. The lowest BCUT2D eigenvalue weighted by Crippen LogP contribution is -1.94. The first-order valence-electron chi connectivity index (χ1n) is 13.5. The maximum absolute atomic E-state index is 3.94. The summed E-state index contributed by atoms with van der Waals surface area (Å²) < 4.78 is 5.99. The van der Waals surface area contributed by atoms with Crippen molar-refractivity contribution in [3.63, 3.8) is 0 Å². The zero-order valence-electron chi connectivity index (χ0n) is 22.7. The highest BCUT2D eigenvalue weighted by Gasteiger charge is 2.13. The molecule has 4 aromatic carbocycles. The van der Waals surface area contributed by atoms with E-state index in [1.54, 1.807) is 0 Å². The number of halogens is 1. The third-order valence-corrected chi connectivity index (χ3v) is 8.63. The normalized spacial score (nSPS) is 13.0. The Balaban J connectivity index is 1.21. The summed E-state index contributed by atoms with van der Waals surface area (Å²) in [4.78, 5) is 0. The summed E-state index contributed by atoms with van der Waals surface area (Å²) >= 11 is 5.49. The van der Waals surface area contributed by atoms with Gasteiger partial charge in [-0.3, -0.25) is 0 Å². The molecule has 0 saturated carbocycles. The van der Waals surface area contributed by atoms with Gasteiger partial charge in [-0.1, -0.05) is 95.4 Å². The summed E-state index contributed by atoms with van der Waals surface area (Å²) in [6.45, 7) is 5.97. The van der Waals surface area contributed by atoms with Crippen molar-refractivity contribution in [2.24, 2.45) is 0 Å². The SMILES string of the molecule is C=C/C=C(\C=C/C)n1c2cc(Br)ccc2c2ccc(\C=C/C=C\C=C\Nc3ccc4sc5ccccc5c4c3)cc21. The van der Waals surface area contributed by atoms with Crippen molar-refractivity contribution in [3.8, 4) is 0 Å². The summed E-state index contributed by atoms with van der Waals surface area (Å²) in [5.41, 5.74) is 5.62. The maximum atomic E-state index is 3.94. The van der Waals surface area contributed by atoms with E-state index in [2.05, 4.69) is 136 Å². The van der Waals surface area contributed by atoms with Crippen molar-refractivity contribution in [1.29, 1.82) is 0 Å². The smallest absolute Gasteiger partial charge is 0.0552 e. The molecule has 6 rings (SSSR count). The predicted octanol–water partition coefficient (Wildman–Crippen LogP) is 11.7. The Morgan fingerprint density at radius 3 is 2.44 bits per heavy atom. The largest absolute Gasteiger partial charge is 0.362 e. The maximum Gasteiger partial charge on any atom is 0.0552 e. The lowest BCUT2D eigenvalue weighted by atomic mass is 10.1. The molecular formula is C37H29BrN2S. The van der Waals surface area contributed by atoms with Crippen LogP contribution >= 0.6 is 27.3 Å². The standard InChI is InChI=1S/C37H29BrN2S/c1-3-11-29(12-4-2)40-34-23-26(16-19-30(34)31-20-17-27(38)24-35(31)40)13-7-5-6-10-22-39-28-18-21-37-33(25-28)32-14-8-9-15-36(32)41-37/h3-25,39H,1H2,2H3/b6-5-,12-4-,13-7-,22-10+,29-11+.